The second kappa shape index (κ2) is 11.1. The molecule has 2 aromatic carbocycles. The Morgan fingerprint density at radius 1 is 1.10 bits per heavy atom. The van der Waals surface area contributed by atoms with E-state index in [1.807, 2.05) is 53.9 Å². The first-order valence-corrected chi connectivity index (χ1v) is 11.6. The van der Waals surface area contributed by atoms with Crippen LogP contribution in [0.25, 0.3) is 21.8 Å². The number of anilines is 1. The van der Waals surface area contributed by atoms with Crippen molar-refractivity contribution in [3.8, 4) is 21.8 Å². The van der Waals surface area contributed by atoms with Crippen LogP contribution in [-0.2, 0) is 4.74 Å². The largest absolute Gasteiger partial charge is 0.449 e. The number of nitrogens with zero attached hydrogens (tertiary/aromatic N) is 1. The van der Waals surface area contributed by atoms with E-state index in [4.69, 9.17) is 21.3 Å². The Morgan fingerprint density at radius 3 is 2.47 bits per heavy atom. The van der Waals surface area contributed by atoms with Crippen LogP contribution >= 0.6 is 22.9 Å². The van der Waals surface area contributed by atoms with E-state index in [2.05, 4.69) is 19.2 Å². The van der Waals surface area contributed by atoms with Gasteiger partial charge in [-0.3, -0.25) is 5.32 Å². The SMILES string of the molecule is CCCCC(CC)COC(=O)Nc1ccc(-c2csc(-c3ccc(Cl)cc3)n2)cc1. The minimum Gasteiger partial charge on any atom is -0.449 e. The smallest absolute Gasteiger partial charge is 0.411 e. The third-order valence-electron chi connectivity index (χ3n) is 5.02. The highest BCUT2D eigenvalue weighted by molar-refractivity contribution is 7.13. The maximum atomic E-state index is 12.1. The Kier molecular flexibility index (Phi) is 8.29. The summed E-state index contributed by atoms with van der Waals surface area (Å²) in [4.78, 5) is 16.8. The average molecular weight is 443 g/mol. The second-order valence-electron chi connectivity index (χ2n) is 7.26. The van der Waals surface area contributed by atoms with Crippen molar-refractivity contribution in [2.75, 3.05) is 11.9 Å². The third-order valence-corrected chi connectivity index (χ3v) is 6.16. The topological polar surface area (TPSA) is 51.2 Å². The van der Waals surface area contributed by atoms with Gasteiger partial charge in [-0.05, 0) is 36.6 Å². The molecule has 4 nitrogen and oxygen atoms in total. The minimum atomic E-state index is -0.406. The maximum absolute atomic E-state index is 12.1. The van der Waals surface area contributed by atoms with Crippen LogP contribution < -0.4 is 5.32 Å². The molecule has 1 N–H and O–H groups in total. The lowest BCUT2D eigenvalue weighted by Gasteiger charge is -2.15. The fraction of sp³-hybridized carbons (Fsp3) is 0.333. The molecule has 0 aliphatic rings. The molecule has 158 valence electrons. The third kappa shape index (κ3) is 6.31. The van der Waals surface area contributed by atoms with Crippen molar-refractivity contribution in [2.45, 2.75) is 39.5 Å². The lowest BCUT2D eigenvalue weighted by molar-refractivity contribution is 0.136. The lowest BCUT2D eigenvalue weighted by Crippen LogP contribution is -2.18. The molecule has 1 unspecified atom stereocenters. The zero-order valence-corrected chi connectivity index (χ0v) is 18.9. The maximum Gasteiger partial charge on any atom is 0.411 e. The monoisotopic (exact) mass is 442 g/mol. The van der Waals surface area contributed by atoms with Crippen molar-refractivity contribution in [1.82, 2.24) is 4.98 Å². The second-order valence-corrected chi connectivity index (χ2v) is 8.56. The molecular formula is C24H27ClN2O2S. The van der Waals surface area contributed by atoms with Gasteiger partial charge in [0.2, 0.25) is 0 Å². The van der Waals surface area contributed by atoms with E-state index in [1.54, 1.807) is 11.3 Å². The molecule has 1 aromatic heterocycles. The fourth-order valence-electron chi connectivity index (χ4n) is 3.10. The van der Waals surface area contributed by atoms with E-state index in [0.29, 0.717) is 23.2 Å². The Labute approximate surface area is 187 Å². The summed E-state index contributed by atoms with van der Waals surface area (Å²) in [6.45, 7) is 4.78. The highest BCUT2D eigenvalue weighted by Gasteiger charge is 2.11. The number of aromatic nitrogens is 1. The summed E-state index contributed by atoms with van der Waals surface area (Å²) < 4.78 is 5.40. The summed E-state index contributed by atoms with van der Waals surface area (Å²) in [6, 6.07) is 15.3. The average Bonchev–Trinajstić information content (AvgIpc) is 3.25. The Hall–Kier alpha value is -2.37. The molecule has 0 aliphatic heterocycles. The van der Waals surface area contributed by atoms with Crippen LogP contribution in [0.1, 0.15) is 39.5 Å². The molecule has 0 saturated heterocycles. The van der Waals surface area contributed by atoms with Crippen LogP contribution in [0.3, 0.4) is 0 Å². The first kappa shape index (κ1) is 22.3. The quantitative estimate of drug-likeness (QED) is 0.366. The van der Waals surface area contributed by atoms with Gasteiger partial charge in [0.25, 0.3) is 0 Å². The van der Waals surface area contributed by atoms with Gasteiger partial charge in [-0.2, -0.15) is 0 Å². The molecule has 0 aliphatic carbocycles. The lowest BCUT2D eigenvalue weighted by atomic mass is 10.0. The summed E-state index contributed by atoms with van der Waals surface area (Å²) in [5, 5.41) is 6.49. The van der Waals surface area contributed by atoms with E-state index in [0.717, 1.165) is 41.1 Å². The summed E-state index contributed by atoms with van der Waals surface area (Å²) in [6.07, 6.45) is 4.04. The van der Waals surface area contributed by atoms with Gasteiger partial charge < -0.3 is 4.74 Å². The van der Waals surface area contributed by atoms with Crippen molar-refractivity contribution >= 4 is 34.7 Å². The molecular weight excluding hydrogens is 416 g/mol. The van der Waals surface area contributed by atoms with Gasteiger partial charge in [0.15, 0.2) is 0 Å². The number of carbonyl (C=O) groups excluding carboxylic acids is 1. The van der Waals surface area contributed by atoms with Crippen molar-refractivity contribution in [2.24, 2.45) is 5.92 Å². The first-order chi connectivity index (χ1) is 14.6. The summed E-state index contributed by atoms with van der Waals surface area (Å²) in [7, 11) is 0. The van der Waals surface area contributed by atoms with Crippen LogP contribution in [0.15, 0.2) is 53.9 Å². The number of unbranched alkanes of at least 4 members (excludes halogenated alkanes) is 1. The molecule has 1 amide bonds. The van der Waals surface area contributed by atoms with Gasteiger partial charge in [0, 0.05) is 27.2 Å². The van der Waals surface area contributed by atoms with Gasteiger partial charge in [-0.1, -0.05) is 69.0 Å². The zero-order chi connectivity index (χ0) is 21.3. The van der Waals surface area contributed by atoms with E-state index in [1.165, 1.54) is 6.42 Å². The molecule has 3 aromatic rings. The van der Waals surface area contributed by atoms with Crippen molar-refractivity contribution in [3.05, 3.63) is 58.9 Å². The summed E-state index contributed by atoms with van der Waals surface area (Å²) in [5.41, 5.74) is 3.65. The highest BCUT2D eigenvalue weighted by atomic mass is 35.5. The number of ether oxygens (including phenoxy) is 1. The fourth-order valence-corrected chi connectivity index (χ4v) is 4.06. The normalized spacial score (nSPS) is 11.8. The number of halogens is 1. The van der Waals surface area contributed by atoms with Crippen LogP contribution in [0.2, 0.25) is 5.02 Å². The van der Waals surface area contributed by atoms with Crippen LogP contribution in [0, 0.1) is 5.92 Å². The molecule has 1 atom stereocenters. The van der Waals surface area contributed by atoms with Crippen molar-refractivity contribution in [3.63, 3.8) is 0 Å². The van der Waals surface area contributed by atoms with Gasteiger partial charge in [0.1, 0.15) is 5.01 Å². The Bertz CT molecular complexity index is 939. The number of amides is 1. The molecule has 3 rings (SSSR count). The van der Waals surface area contributed by atoms with Crippen LogP contribution in [-0.4, -0.2) is 17.7 Å². The summed E-state index contributed by atoms with van der Waals surface area (Å²) in [5.74, 6) is 0.428. The number of hydrogen-bond donors (Lipinski definition) is 1. The Balaban J connectivity index is 1.56. The molecule has 0 spiro atoms. The number of nitrogens with one attached hydrogen (secondary N) is 1. The van der Waals surface area contributed by atoms with Gasteiger partial charge in [0.05, 0.1) is 12.3 Å². The minimum absolute atomic E-state index is 0.406. The number of benzene rings is 2. The standard InChI is InChI=1S/C24H27ClN2O2S/c1-3-5-6-17(4-2)15-29-24(28)26-21-13-9-18(10-14-21)22-16-30-23(27-22)19-7-11-20(25)12-8-19/h7-14,16-17H,3-6,15H2,1-2H3,(H,26,28). The molecule has 0 bridgehead atoms. The predicted molar refractivity (Wildman–Crippen MR) is 126 cm³/mol. The Morgan fingerprint density at radius 2 is 1.80 bits per heavy atom. The number of thiazole rings is 1. The first-order valence-electron chi connectivity index (χ1n) is 10.3. The molecule has 0 saturated carbocycles. The number of hydrogen-bond acceptors (Lipinski definition) is 4. The van der Waals surface area contributed by atoms with Crippen LogP contribution in [0.4, 0.5) is 10.5 Å². The van der Waals surface area contributed by atoms with E-state index < -0.39 is 6.09 Å². The number of rotatable bonds is 9. The molecule has 6 heteroatoms. The molecule has 0 radical (unpaired) electrons. The van der Waals surface area contributed by atoms with E-state index in [-0.39, 0.29) is 0 Å². The summed E-state index contributed by atoms with van der Waals surface area (Å²) >= 11 is 7.55. The highest BCUT2D eigenvalue weighted by Crippen LogP contribution is 2.30. The van der Waals surface area contributed by atoms with Gasteiger partial charge >= 0.3 is 6.09 Å². The van der Waals surface area contributed by atoms with Crippen molar-refractivity contribution in [1.29, 1.82) is 0 Å². The molecule has 0 fully saturated rings. The van der Waals surface area contributed by atoms with Gasteiger partial charge in [-0.15, -0.1) is 11.3 Å². The molecule has 1 heterocycles. The number of carbonyl (C=O) groups is 1. The van der Waals surface area contributed by atoms with Crippen molar-refractivity contribution < 1.29 is 9.53 Å². The predicted octanol–water partition coefficient (Wildman–Crippen LogP) is 7.90. The van der Waals surface area contributed by atoms with Crippen LogP contribution in [0.5, 0.6) is 0 Å². The zero-order valence-electron chi connectivity index (χ0n) is 17.4. The van der Waals surface area contributed by atoms with E-state index in [9.17, 15) is 4.79 Å². The van der Waals surface area contributed by atoms with E-state index >= 15 is 0 Å². The molecule has 30 heavy (non-hydrogen) atoms. The van der Waals surface area contributed by atoms with Gasteiger partial charge in [-0.25, -0.2) is 9.78 Å².